The quantitative estimate of drug-likeness (QED) is 0.799. The Hall–Kier alpha value is -2.34. The molecule has 6 heteroatoms. The number of amides is 2. The Balaban J connectivity index is 1.63. The number of nitrogens with zero attached hydrogens (tertiary/aromatic N) is 1. The number of carbonyl (C=O) groups excluding carboxylic acids is 2. The normalized spacial score (nSPS) is 10.2. The first kappa shape index (κ1) is 18.0. The second-order valence-corrected chi connectivity index (χ2v) is 6.41. The molecule has 0 radical (unpaired) electrons. The van der Waals surface area contributed by atoms with Crippen LogP contribution in [0.2, 0.25) is 0 Å². The molecular formula is C18H22N2O3S. The minimum absolute atomic E-state index is 0.0195. The monoisotopic (exact) mass is 346 g/mol. The Morgan fingerprint density at radius 2 is 1.96 bits per heavy atom. The molecule has 2 rings (SSSR count). The van der Waals surface area contributed by atoms with E-state index in [4.69, 9.17) is 4.74 Å². The van der Waals surface area contributed by atoms with Crippen molar-refractivity contribution in [1.82, 2.24) is 10.2 Å². The number of hydrogen-bond acceptors (Lipinski definition) is 4. The van der Waals surface area contributed by atoms with E-state index in [1.54, 1.807) is 18.0 Å². The SMILES string of the molecule is Cc1ccc(OCCN(C)C(=O)CCNC(=O)c2cccs2)cc1. The van der Waals surface area contributed by atoms with Gasteiger partial charge < -0.3 is 15.0 Å². The van der Waals surface area contributed by atoms with E-state index < -0.39 is 0 Å². The Labute approximate surface area is 146 Å². The summed E-state index contributed by atoms with van der Waals surface area (Å²) < 4.78 is 5.61. The largest absolute Gasteiger partial charge is 0.492 e. The molecule has 128 valence electrons. The second kappa shape index (κ2) is 9.08. The lowest BCUT2D eigenvalue weighted by molar-refractivity contribution is -0.130. The summed E-state index contributed by atoms with van der Waals surface area (Å²) >= 11 is 1.38. The highest BCUT2D eigenvalue weighted by molar-refractivity contribution is 7.12. The topological polar surface area (TPSA) is 58.6 Å². The Morgan fingerprint density at radius 1 is 1.21 bits per heavy atom. The summed E-state index contributed by atoms with van der Waals surface area (Å²) in [6.07, 6.45) is 0.276. The number of rotatable bonds is 8. The first-order valence-electron chi connectivity index (χ1n) is 7.81. The van der Waals surface area contributed by atoms with Gasteiger partial charge in [-0.15, -0.1) is 11.3 Å². The van der Waals surface area contributed by atoms with Gasteiger partial charge in [-0.2, -0.15) is 0 Å². The number of carbonyl (C=O) groups is 2. The number of hydrogen-bond donors (Lipinski definition) is 1. The molecule has 0 bridgehead atoms. The van der Waals surface area contributed by atoms with Gasteiger partial charge in [0.05, 0.1) is 11.4 Å². The summed E-state index contributed by atoms with van der Waals surface area (Å²) in [5.74, 6) is 0.641. The molecule has 0 unspecified atom stereocenters. The fraction of sp³-hybridized carbons (Fsp3) is 0.333. The molecule has 0 spiro atoms. The van der Waals surface area contributed by atoms with E-state index in [1.807, 2.05) is 42.6 Å². The summed E-state index contributed by atoms with van der Waals surface area (Å²) in [4.78, 5) is 26.1. The molecule has 1 N–H and O–H groups in total. The van der Waals surface area contributed by atoms with Gasteiger partial charge in [-0.05, 0) is 30.5 Å². The number of nitrogens with one attached hydrogen (secondary N) is 1. The molecule has 2 aromatic rings. The van der Waals surface area contributed by atoms with Gasteiger partial charge in [0.25, 0.3) is 5.91 Å². The molecule has 1 aromatic heterocycles. The van der Waals surface area contributed by atoms with Crippen LogP contribution >= 0.6 is 11.3 Å². The third-order valence-corrected chi connectivity index (χ3v) is 4.38. The summed E-state index contributed by atoms with van der Waals surface area (Å²) in [7, 11) is 1.74. The lowest BCUT2D eigenvalue weighted by Gasteiger charge is -2.17. The molecule has 0 aliphatic rings. The van der Waals surface area contributed by atoms with E-state index in [9.17, 15) is 9.59 Å². The van der Waals surface area contributed by atoms with Gasteiger partial charge in [0.15, 0.2) is 0 Å². The van der Waals surface area contributed by atoms with Crippen molar-refractivity contribution in [3.63, 3.8) is 0 Å². The van der Waals surface area contributed by atoms with Crippen molar-refractivity contribution in [1.29, 1.82) is 0 Å². The average molecular weight is 346 g/mol. The highest BCUT2D eigenvalue weighted by atomic mass is 32.1. The van der Waals surface area contributed by atoms with Crippen LogP contribution in [0.5, 0.6) is 5.75 Å². The number of benzene rings is 1. The van der Waals surface area contributed by atoms with Crippen molar-refractivity contribution in [2.75, 3.05) is 26.7 Å². The van der Waals surface area contributed by atoms with Crippen molar-refractivity contribution in [2.24, 2.45) is 0 Å². The van der Waals surface area contributed by atoms with Crippen LogP contribution in [-0.2, 0) is 4.79 Å². The van der Waals surface area contributed by atoms with Crippen molar-refractivity contribution >= 4 is 23.2 Å². The maximum absolute atomic E-state index is 12.0. The molecule has 5 nitrogen and oxygen atoms in total. The van der Waals surface area contributed by atoms with Gasteiger partial charge in [0.2, 0.25) is 5.91 Å². The predicted octanol–water partition coefficient (Wildman–Crippen LogP) is 2.71. The van der Waals surface area contributed by atoms with Gasteiger partial charge in [-0.3, -0.25) is 9.59 Å². The van der Waals surface area contributed by atoms with Crippen molar-refractivity contribution in [3.05, 3.63) is 52.2 Å². The van der Waals surface area contributed by atoms with Crippen molar-refractivity contribution in [3.8, 4) is 5.75 Å². The van der Waals surface area contributed by atoms with Gasteiger partial charge in [-0.1, -0.05) is 23.8 Å². The lowest BCUT2D eigenvalue weighted by Crippen LogP contribution is -2.34. The van der Waals surface area contributed by atoms with E-state index in [-0.39, 0.29) is 18.2 Å². The standard InChI is InChI=1S/C18H22N2O3S/c1-14-5-7-15(8-6-14)23-12-11-20(2)17(21)9-10-19-18(22)16-4-3-13-24-16/h3-8,13H,9-12H2,1-2H3,(H,19,22). The lowest BCUT2D eigenvalue weighted by atomic mass is 10.2. The average Bonchev–Trinajstić information content (AvgIpc) is 3.11. The molecule has 0 aliphatic heterocycles. The third kappa shape index (κ3) is 5.70. The molecule has 0 fully saturated rings. The smallest absolute Gasteiger partial charge is 0.261 e. The molecule has 1 heterocycles. The van der Waals surface area contributed by atoms with E-state index in [0.29, 0.717) is 24.6 Å². The molecule has 2 amide bonds. The summed E-state index contributed by atoms with van der Waals surface area (Å²) in [6, 6.07) is 11.4. The first-order valence-corrected chi connectivity index (χ1v) is 8.69. The summed E-state index contributed by atoms with van der Waals surface area (Å²) in [5, 5.41) is 4.60. The van der Waals surface area contributed by atoms with E-state index in [0.717, 1.165) is 5.75 Å². The van der Waals surface area contributed by atoms with Gasteiger partial charge in [0, 0.05) is 20.0 Å². The molecule has 0 atom stereocenters. The van der Waals surface area contributed by atoms with Crippen LogP contribution in [0.3, 0.4) is 0 Å². The van der Waals surface area contributed by atoms with Crippen LogP contribution in [-0.4, -0.2) is 43.5 Å². The van der Waals surface area contributed by atoms with Gasteiger partial charge in [0.1, 0.15) is 12.4 Å². The van der Waals surface area contributed by atoms with Crippen molar-refractivity contribution < 1.29 is 14.3 Å². The van der Waals surface area contributed by atoms with Crippen LogP contribution in [0.25, 0.3) is 0 Å². The molecule has 0 saturated carbocycles. The Kier molecular flexibility index (Phi) is 6.81. The zero-order valence-corrected chi connectivity index (χ0v) is 14.8. The first-order chi connectivity index (χ1) is 11.6. The van der Waals surface area contributed by atoms with E-state index in [1.165, 1.54) is 16.9 Å². The predicted molar refractivity (Wildman–Crippen MR) is 95.6 cm³/mol. The molecule has 0 aliphatic carbocycles. The van der Waals surface area contributed by atoms with Gasteiger partial charge in [-0.25, -0.2) is 0 Å². The second-order valence-electron chi connectivity index (χ2n) is 5.46. The van der Waals surface area contributed by atoms with Crippen LogP contribution in [0, 0.1) is 6.92 Å². The zero-order chi connectivity index (χ0) is 17.4. The Morgan fingerprint density at radius 3 is 2.62 bits per heavy atom. The molecule has 0 saturated heterocycles. The number of thiophene rings is 1. The van der Waals surface area contributed by atoms with Crippen molar-refractivity contribution in [2.45, 2.75) is 13.3 Å². The number of ether oxygens (including phenoxy) is 1. The van der Waals surface area contributed by atoms with E-state index in [2.05, 4.69) is 5.32 Å². The van der Waals surface area contributed by atoms with Crippen LogP contribution in [0.1, 0.15) is 21.7 Å². The minimum Gasteiger partial charge on any atom is -0.492 e. The van der Waals surface area contributed by atoms with Crippen LogP contribution in [0.15, 0.2) is 41.8 Å². The third-order valence-electron chi connectivity index (χ3n) is 3.51. The maximum atomic E-state index is 12.0. The summed E-state index contributed by atoms with van der Waals surface area (Å²) in [5.41, 5.74) is 1.18. The number of aryl methyl sites for hydroxylation is 1. The number of likely N-dealkylation sites (N-methyl/N-ethyl adjacent to an activating group) is 1. The minimum atomic E-state index is -0.136. The zero-order valence-electron chi connectivity index (χ0n) is 14.0. The highest BCUT2D eigenvalue weighted by Crippen LogP contribution is 2.11. The van der Waals surface area contributed by atoms with E-state index >= 15 is 0 Å². The fourth-order valence-electron chi connectivity index (χ4n) is 2.03. The fourth-order valence-corrected chi connectivity index (χ4v) is 2.67. The molecule has 1 aromatic carbocycles. The highest BCUT2D eigenvalue weighted by Gasteiger charge is 2.10. The maximum Gasteiger partial charge on any atom is 0.261 e. The van der Waals surface area contributed by atoms with Crippen LogP contribution in [0.4, 0.5) is 0 Å². The summed E-state index contributed by atoms with van der Waals surface area (Å²) in [6.45, 7) is 3.30. The van der Waals surface area contributed by atoms with Gasteiger partial charge >= 0.3 is 0 Å². The molecule has 24 heavy (non-hydrogen) atoms. The Bertz CT molecular complexity index is 653. The van der Waals surface area contributed by atoms with Crippen LogP contribution < -0.4 is 10.1 Å². The molecular weight excluding hydrogens is 324 g/mol.